The van der Waals surface area contributed by atoms with Crippen molar-refractivity contribution in [3.63, 3.8) is 0 Å². The fraction of sp³-hybridized carbons (Fsp3) is 0.667. The highest BCUT2D eigenvalue weighted by Gasteiger charge is 2.43. The lowest BCUT2D eigenvalue weighted by molar-refractivity contribution is -0.121. The molecule has 3 atom stereocenters. The van der Waals surface area contributed by atoms with Crippen LogP contribution in [0, 0.1) is 17.8 Å². The topological polar surface area (TPSA) is 55.4 Å². The van der Waals surface area contributed by atoms with Crippen molar-refractivity contribution in [2.24, 2.45) is 17.8 Å². The zero-order valence-electron chi connectivity index (χ0n) is 13.5. The third-order valence-corrected chi connectivity index (χ3v) is 7.08. The Balaban J connectivity index is 1.59. The van der Waals surface area contributed by atoms with Gasteiger partial charge in [-0.3, -0.25) is 4.79 Å². The molecule has 0 aromatic carbocycles. The monoisotopic (exact) mass is 333 g/mol. The van der Waals surface area contributed by atoms with Crippen LogP contribution in [0.25, 0.3) is 0 Å². The van der Waals surface area contributed by atoms with E-state index in [1.165, 1.54) is 31.2 Å². The van der Waals surface area contributed by atoms with Gasteiger partial charge in [-0.1, -0.05) is 6.42 Å². The molecular formula is C18H23NO3S. The number of rotatable bonds is 3. The molecule has 1 aromatic heterocycles. The van der Waals surface area contributed by atoms with E-state index in [1.807, 2.05) is 0 Å². The van der Waals surface area contributed by atoms with E-state index in [9.17, 15) is 9.59 Å². The lowest BCUT2D eigenvalue weighted by Crippen LogP contribution is -2.27. The SMILES string of the molecule is COC(=O)c1c(NC(=O)[C@H]2C[C@@H]3CC[C@@H]2C3)sc2c1CCCC2. The second kappa shape index (κ2) is 5.93. The molecule has 0 spiro atoms. The van der Waals surface area contributed by atoms with Crippen molar-refractivity contribution in [3.8, 4) is 0 Å². The number of ether oxygens (including phenoxy) is 1. The highest BCUT2D eigenvalue weighted by Crippen LogP contribution is 2.49. The Morgan fingerprint density at radius 1 is 1.17 bits per heavy atom. The van der Waals surface area contributed by atoms with E-state index in [0.717, 1.165) is 48.6 Å². The summed E-state index contributed by atoms with van der Waals surface area (Å²) in [6.45, 7) is 0. The average molecular weight is 333 g/mol. The van der Waals surface area contributed by atoms with Crippen molar-refractivity contribution in [1.82, 2.24) is 0 Å². The van der Waals surface area contributed by atoms with Crippen LogP contribution in [0.2, 0.25) is 0 Å². The van der Waals surface area contributed by atoms with E-state index in [2.05, 4.69) is 5.32 Å². The molecule has 0 radical (unpaired) electrons. The van der Waals surface area contributed by atoms with Crippen LogP contribution < -0.4 is 5.32 Å². The summed E-state index contributed by atoms with van der Waals surface area (Å²) in [6.07, 6.45) is 8.90. The minimum Gasteiger partial charge on any atom is -0.465 e. The molecule has 4 rings (SSSR count). The van der Waals surface area contributed by atoms with Gasteiger partial charge in [0.1, 0.15) is 5.00 Å². The Morgan fingerprint density at radius 3 is 2.70 bits per heavy atom. The third kappa shape index (κ3) is 2.59. The summed E-state index contributed by atoms with van der Waals surface area (Å²) >= 11 is 1.58. The van der Waals surface area contributed by atoms with E-state index in [4.69, 9.17) is 4.74 Å². The molecule has 1 N–H and O–H groups in total. The fourth-order valence-electron chi connectivity index (χ4n) is 4.74. The van der Waals surface area contributed by atoms with Gasteiger partial charge in [-0.15, -0.1) is 11.3 Å². The highest BCUT2D eigenvalue weighted by atomic mass is 32.1. The molecule has 124 valence electrons. The second-order valence-corrected chi connectivity index (χ2v) is 8.28. The zero-order chi connectivity index (χ0) is 16.0. The van der Waals surface area contributed by atoms with E-state index in [0.29, 0.717) is 11.5 Å². The number of aryl methyl sites for hydroxylation is 1. The zero-order valence-corrected chi connectivity index (χ0v) is 14.3. The largest absolute Gasteiger partial charge is 0.465 e. The normalized spacial score (nSPS) is 28.5. The third-order valence-electron chi connectivity index (χ3n) is 5.87. The summed E-state index contributed by atoms with van der Waals surface area (Å²) in [5, 5.41) is 3.81. The van der Waals surface area contributed by atoms with Crippen LogP contribution in [0.4, 0.5) is 5.00 Å². The number of anilines is 1. The van der Waals surface area contributed by atoms with Crippen LogP contribution >= 0.6 is 11.3 Å². The first kappa shape index (κ1) is 15.2. The molecule has 1 aromatic rings. The van der Waals surface area contributed by atoms with E-state index in [1.54, 1.807) is 11.3 Å². The molecule has 2 saturated carbocycles. The molecule has 4 nitrogen and oxygen atoms in total. The summed E-state index contributed by atoms with van der Waals surface area (Å²) in [7, 11) is 1.41. The first-order valence-electron chi connectivity index (χ1n) is 8.71. The molecule has 23 heavy (non-hydrogen) atoms. The van der Waals surface area contributed by atoms with Crippen molar-refractivity contribution in [3.05, 3.63) is 16.0 Å². The number of fused-ring (bicyclic) bond motifs is 3. The number of carbonyl (C=O) groups excluding carboxylic acids is 2. The molecule has 0 aliphatic heterocycles. The van der Waals surface area contributed by atoms with Gasteiger partial charge in [0.15, 0.2) is 0 Å². The van der Waals surface area contributed by atoms with Gasteiger partial charge >= 0.3 is 5.97 Å². The number of thiophene rings is 1. The Labute approximate surface area is 140 Å². The number of amides is 1. The van der Waals surface area contributed by atoms with Crippen LogP contribution in [0.15, 0.2) is 0 Å². The van der Waals surface area contributed by atoms with Crippen LogP contribution in [0.1, 0.15) is 59.3 Å². The predicted molar refractivity (Wildman–Crippen MR) is 89.9 cm³/mol. The number of esters is 1. The molecule has 0 unspecified atom stereocenters. The first-order chi connectivity index (χ1) is 11.2. The standard InChI is InChI=1S/C18H23NO3S/c1-22-18(21)15-12-4-2-3-5-14(12)23-17(15)19-16(20)13-9-10-6-7-11(13)8-10/h10-11,13H,2-9H2,1H3,(H,19,20)/t10-,11-,13+/m1/s1. The van der Waals surface area contributed by atoms with E-state index < -0.39 is 0 Å². The Bertz CT molecular complexity index is 651. The number of carbonyl (C=O) groups is 2. The van der Waals surface area contributed by atoms with Gasteiger partial charge in [-0.05, 0) is 62.3 Å². The van der Waals surface area contributed by atoms with Gasteiger partial charge in [0, 0.05) is 10.8 Å². The molecule has 3 aliphatic carbocycles. The smallest absolute Gasteiger partial charge is 0.341 e. The minimum atomic E-state index is -0.312. The molecule has 2 bridgehead atoms. The summed E-state index contributed by atoms with van der Waals surface area (Å²) in [4.78, 5) is 26.2. The van der Waals surface area contributed by atoms with Crippen molar-refractivity contribution < 1.29 is 14.3 Å². The van der Waals surface area contributed by atoms with Crippen molar-refractivity contribution in [2.75, 3.05) is 12.4 Å². The summed E-state index contributed by atoms with van der Waals surface area (Å²) in [6, 6.07) is 0. The highest BCUT2D eigenvalue weighted by molar-refractivity contribution is 7.17. The Morgan fingerprint density at radius 2 is 2.00 bits per heavy atom. The summed E-state index contributed by atoms with van der Waals surface area (Å²) in [5.74, 6) is 1.23. The van der Waals surface area contributed by atoms with E-state index >= 15 is 0 Å². The van der Waals surface area contributed by atoms with Crippen LogP contribution in [0.5, 0.6) is 0 Å². The van der Waals surface area contributed by atoms with Gasteiger partial charge < -0.3 is 10.1 Å². The van der Waals surface area contributed by atoms with Crippen LogP contribution in [-0.4, -0.2) is 19.0 Å². The maximum atomic E-state index is 12.7. The lowest BCUT2D eigenvalue weighted by Gasteiger charge is -2.20. The predicted octanol–water partition coefficient (Wildman–Crippen LogP) is 3.79. The molecule has 2 fully saturated rings. The van der Waals surface area contributed by atoms with Gasteiger partial charge in [0.05, 0.1) is 12.7 Å². The first-order valence-corrected chi connectivity index (χ1v) is 9.52. The Hall–Kier alpha value is -1.36. The average Bonchev–Trinajstić information content (AvgIpc) is 3.27. The second-order valence-electron chi connectivity index (χ2n) is 7.18. The number of methoxy groups -OCH3 is 1. The van der Waals surface area contributed by atoms with Gasteiger partial charge in [-0.2, -0.15) is 0 Å². The maximum absolute atomic E-state index is 12.7. The molecule has 3 aliphatic rings. The summed E-state index contributed by atoms with van der Waals surface area (Å²) in [5.41, 5.74) is 1.72. The van der Waals surface area contributed by atoms with Gasteiger partial charge in [0.2, 0.25) is 5.91 Å². The molecule has 0 saturated heterocycles. The van der Waals surface area contributed by atoms with E-state index in [-0.39, 0.29) is 17.8 Å². The lowest BCUT2D eigenvalue weighted by atomic mass is 9.88. The number of hydrogen-bond donors (Lipinski definition) is 1. The molecular weight excluding hydrogens is 310 g/mol. The maximum Gasteiger partial charge on any atom is 0.341 e. The van der Waals surface area contributed by atoms with Crippen molar-refractivity contribution >= 4 is 28.2 Å². The minimum absolute atomic E-state index is 0.112. The van der Waals surface area contributed by atoms with Gasteiger partial charge in [0.25, 0.3) is 0 Å². The van der Waals surface area contributed by atoms with Crippen molar-refractivity contribution in [2.45, 2.75) is 51.4 Å². The van der Waals surface area contributed by atoms with Gasteiger partial charge in [-0.25, -0.2) is 4.79 Å². The number of nitrogens with one attached hydrogen (secondary N) is 1. The van der Waals surface area contributed by atoms with Crippen molar-refractivity contribution in [1.29, 1.82) is 0 Å². The quantitative estimate of drug-likeness (QED) is 0.856. The molecule has 1 heterocycles. The van der Waals surface area contributed by atoms with Crippen LogP contribution in [0.3, 0.4) is 0 Å². The Kier molecular flexibility index (Phi) is 3.92. The van der Waals surface area contributed by atoms with Crippen LogP contribution in [-0.2, 0) is 22.4 Å². The fourth-order valence-corrected chi connectivity index (χ4v) is 6.02. The summed E-state index contributed by atoms with van der Waals surface area (Å²) < 4.78 is 4.97. The number of hydrogen-bond acceptors (Lipinski definition) is 4. The molecule has 1 amide bonds. The molecule has 5 heteroatoms.